The van der Waals surface area contributed by atoms with Crippen molar-refractivity contribution in [1.29, 1.82) is 0 Å². The molecule has 24 heavy (non-hydrogen) atoms. The summed E-state index contributed by atoms with van der Waals surface area (Å²) < 4.78 is 0. The highest BCUT2D eigenvalue weighted by Crippen LogP contribution is 2.32. The second-order valence-corrected chi connectivity index (χ2v) is 7.97. The third-order valence-electron chi connectivity index (χ3n) is 4.75. The Labute approximate surface area is 148 Å². The number of nitrogens with zero attached hydrogens (tertiary/aromatic N) is 2. The summed E-state index contributed by atoms with van der Waals surface area (Å²) in [5.41, 5.74) is 3.48. The van der Waals surface area contributed by atoms with Crippen LogP contribution < -0.4 is 0 Å². The van der Waals surface area contributed by atoms with Gasteiger partial charge < -0.3 is 0 Å². The smallest absolute Gasteiger partial charge is 0.136 e. The van der Waals surface area contributed by atoms with Gasteiger partial charge >= 0.3 is 0 Å². The minimum absolute atomic E-state index is 0.179. The van der Waals surface area contributed by atoms with E-state index in [2.05, 4.69) is 43.0 Å². The number of hydrogen-bond acceptors (Lipinski definition) is 4. The molecule has 1 aromatic heterocycles. The zero-order chi connectivity index (χ0) is 17.1. The van der Waals surface area contributed by atoms with Crippen LogP contribution in [0.15, 0.2) is 24.3 Å². The maximum absolute atomic E-state index is 11.5. The van der Waals surface area contributed by atoms with E-state index in [-0.39, 0.29) is 5.78 Å². The number of hydrogen-bond donors (Lipinski definition) is 0. The van der Waals surface area contributed by atoms with E-state index < -0.39 is 0 Å². The summed E-state index contributed by atoms with van der Waals surface area (Å²) in [7, 11) is 0. The summed E-state index contributed by atoms with van der Waals surface area (Å²) in [5, 5.41) is 0.946. The number of carbonyl (C=O) groups is 1. The lowest BCUT2D eigenvalue weighted by Crippen LogP contribution is -2.28. The molecule has 3 rings (SSSR count). The van der Waals surface area contributed by atoms with Gasteiger partial charge in [0.2, 0.25) is 0 Å². The number of rotatable bonds is 6. The van der Waals surface area contributed by atoms with Gasteiger partial charge in [-0.15, -0.1) is 11.3 Å². The Bertz CT molecular complexity index is 722. The van der Waals surface area contributed by atoms with Crippen molar-refractivity contribution in [3.8, 4) is 11.3 Å². The lowest BCUT2D eigenvalue weighted by molar-refractivity contribution is -0.116. The number of benzene rings is 1. The molecule has 2 aromatic rings. The number of aryl methyl sites for hydroxylation is 1. The Morgan fingerprint density at radius 1 is 1.42 bits per heavy atom. The number of aromatic nitrogens is 1. The van der Waals surface area contributed by atoms with Gasteiger partial charge in [0.05, 0.1) is 12.1 Å². The summed E-state index contributed by atoms with van der Waals surface area (Å²) in [4.78, 5) is 20.2. The summed E-state index contributed by atoms with van der Waals surface area (Å²) >= 11 is 1.71. The van der Waals surface area contributed by atoms with Crippen LogP contribution in [0.3, 0.4) is 0 Å². The molecular formula is C20H26N2OS. The highest BCUT2D eigenvalue weighted by Gasteiger charge is 2.25. The van der Waals surface area contributed by atoms with Crippen LogP contribution in [0, 0.1) is 6.92 Å². The third kappa shape index (κ3) is 3.93. The minimum Gasteiger partial charge on any atom is -0.300 e. The summed E-state index contributed by atoms with van der Waals surface area (Å²) in [6.07, 6.45) is 4.24. The number of Topliss-reactive ketones (excluding diaryl/α,β-unsaturated/α-hetero) is 1. The molecule has 0 spiro atoms. The largest absolute Gasteiger partial charge is 0.300 e. The first-order chi connectivity index (χ1) is 11.6. The van der Waals surface area contributed by atoms with Crippen molar-refractivity contribution in [2.45, 2.75) is 59.0 Å². The number of thiazole rings is 1. The van der Waals surface area contributed by atoms with Crippen molar-refractivity contribution in [2.75, 3.05) is 6.54 Å². The molecule has 0 aliphatic carbocycles. The molecule has 3 nitrogen and oxygen atoms in total. The molecule has 0 amide bonds. The molecule has 0 unspecified atom stereocenters. The summed E-state index contributed by atoms with van der Waals surface area (Å²) in [6, 6.07) is 9.21. The van der Waals surface area contributed by atoms with Crippen LogP contribution in [-0.2, 0) is 17.8 Å². The molecule has 4 heteroatoms. The van der Waals surface area contributed by atoms with E-state index in [1.807, 2.05) is 0 Å². The Balaban J connectivity index is 1.93. The zero-order valence-electron chi connectivity index (χ0n) is 14.8. The fourth-order valence-corrected chi connectivity index (χ4v) is 4.75. The predicted octanol–water partition coefficient (Wildman–Crippen LogP) is 4.62. The molecule has 1 aliphatic heterocycles. The van der Waals surface area contributed by atoms with Crippen molar-refractivity contribution in [3.05, 3.63) is 39.7 Å². The van der Waals surface area contributed by atoms with Gasteiger partial charge in [0.15, 0.2) is 0 Å². The second-order valence-electron chi connectivity index (χ2n) is 6.80. The standard InChI is InChI=1S/C20H26N2OS/c1-4-17-9-6-10-22(17)13-18-20(16-8-5-7-14(2)11-16)21-19(24-18)12-15(3)23/h5,7-8,11,17H,4,6,9-10,12-13H2,1-3H3/t17-/m1/s1. The van der Waals surface area contributed by atoms with Crippen LogP contribution >= 0.6 is 11.3 Å². The number of ketones is 1. The molecular weight excluding hydrogens is 316 g/mol. The predicted molar refractivity (Wildman–Crippen MR) is 100 cm³/mol. The molecule has 1 saturated heterocycles. The lowest BCUT2D eigenvalue weighted by atomic mass is 10.1. The van der Waals surface area contributed by atoms with E-state index in [1.54, 1.807) is 18.3 Å². The Morgan fingerprint density at radius 3 is 2.96 bits per heavy atom. The molecule has 1 aliphatic rings. The fraction of sp³-hybridized carbons (Fsp3) is 0.500. The number of likely N-dealkylation sites (tertiary alicyclic amines) is 1. The van der Waals surface area contributed by atoms with Crippen molar-refractivity contribution >= 4 is 17.1 Å². The van der Waals surface area contributed by atoms with Gasteiger partial charge in [0.1, 0.15) is 10.8 Å². The van der Waals surface area contributed by atoms with E-state index in [0.717, 1.165) is 17.2 Å². The summed E-state index contributed by atoms with van der Waals surface area (Å²) in [6.45, 7) is 8.15. The van der Waals surface area contributed by atoms with Gasteiger partial charge in [0, 0.05) is 23.0 Å². The Kier molecular flexibility index (Phi) is 5.47. The first kappa shape index (κ1) is 17.3. The topological polar surface area (TPSA) is 33.2 Å². The van der Waals surface area contributed by atoms with Gasteiger partial charge in [-0.05, 0) is 45.7 Å². The average Bonchev–Trinajstić information content (AvgIpc) is 3.14. The van der Waals surface area contributed by atoms with E-state index in [9.17, 15) is 4.79 Å². The zero-order valence-corrected chi connectivity index (χ0v) is 15.7. The quantitative estimate of drug-likeness (QED) is 0.768. The van der Waals surface area contributed by atoms with Crippen molar-refractivity contribution in [2.24, 2.45) is 0 Å². The molecule has 128 valence electrons. The van der Waals surface area contributed by atoms with Crippen LogP contribution in [0.1, 0.15) is 48.6 Å². The van der Waals surface area contributed by atoms with Crippen molar-refractivity contribution in [3.63, 3.8) is 0 Å². The monoisotopic (exact) mass is 342 g/mol. The van der Waals surface area contributed by atoms with Gasteiger partial charge in [-0.25, -0.2) is 4.98 Å². The second kappa shape index (κ2) is 7.58. The molecule has 0 bridgehead atoms. The van der Waals surface area contributed by atoms with E-state index in [1.165, 1.54) is 41.8 Å². The van der Waals surface area contributed by atoms with E-state index in [0.29, 0.717) is 12.5 Å². The molecule has 1 fully saturated rings. The fourth-order valence-electron chi connectivity index (χ4n) is 3.56. The molecule has 0 N–H and O–H groups in total. The molecule has 2 heterocycles. The maximum atomic E-state index is 11.5. The van der Waals surface area contributed by atoms with E-state index in [4.69, 9.17) is 4.98 Å². The minimum atomic E-state index is 0.179. The molecule has 0 radical (unpaired) electrons. The highest BCUT2D eigenvalue weighted by atomic mass is 32.1. The lowest BCUT2D eigenvalue weighted by Gasteiger charge is -2.22. The number of carbonyl (C=O) groups excluding carboxylic acids is 1. The Morgan fingerprint density at radius 2 is 2.25 bits per heavy atom. The normalized spacial score (nSPS) is 18.2. The third-order valence-corrected chi connectivity index (χ3v) is 5.79. The van der Waals surface area contributed by atoms with Crippen molar-refractivity contribution in [1.82, 2.24) is 9.88 Å². The molecule has 0 saturated carbocycles. The molecule has 1 atom stereocenters. The van der Waals surface area contributed by atoms with Gasteiger partial charge in [-0.2, -0.15) is 0 Å². The summed E-state index contributed by atoms with van der Waals surface area (Å²) in [5.74, 6) is 0.179. The van der Waals surface area contributed by atoms with Crippen LogP contribution in [0.25, 0.3) is 11.3 Å². The van der Waals surface area contributed by atoms with Crippen molar-refractivity contribution < 1.29 is 4.79 Å². The molecule has 1 aromatic carbocycles. The van der Waals surface area contributed by atoms with Crippen LogP contribution in [0.2, 0.25) is 0 Å². The highest BCUT2D eigenvalue weighted by molar-refractivity contribution is 7.12. The average molecular weight is 343 g/mol. The van der Waals surface area contributed by atoms with E-state index >= 15 is 0 Å². The van der Waals surface area contributed by atoms with Crippen LogP contribution in [-0.4, -0.2) is 28.3 Å². The first-order valence-electron chi connectivity index (χ1n) is 8.86. The SMILES string of the molecule is CC[C@@H]1CCCN1Cc1sc(CC(C)=O)nc1-c1cccc(C)c1. The van der Waals surface area contributed by atoms with Gasteiger partial charge in [-0.1, -0.05) is 30.7 Å². The van der Waals surface area contributed by atoms with Gasteiger partial charge in [-0.3, -0.25) is 9.69 Å². The van der Waals surface area contributed by atoms with Crippen LogP contribution in [0.4, 0.5) is 0 Å². The van der Waals surface area contributed by atoms with Crippen LogP contribution in [0.5, 0.6) is 0 Å². The van der Waals surface area contributed by atoms with Gasteiger partial charge in [0.25, 0.3) is 0 Å². The first-order valence-corrected chi connectivity index (χ1v) is 9.67. The Hall–Kier alpha value is -1.52. The maximum Gasteiger partial charge on any atom is 0.136 e.